The van der Waals surface area contributed by atoms with E-state index in [-0.39, 0.29) is 42.7 Å². The number of amides is 2. The van der Waals surface area contributed by atoms with Crippen molar-refractivity contribution in [3.63, 3.8) is 0 Å². The highest BCUT2D eigenvalue weighted by Crippen LogP contribution is 2.50. The summed E-state index contributed by atoms with van der Waals surface area (Å²) >= 11 is 0. The van der Waals surface area contributed by atoms with E-state index in [0.29, 0.717) is 5.92 Å². The first-order valence-electron chi connectivity index (χ1n) is 12.6. The van der Waals surface area contributed by atoms with Gasteiger partial charge in [0.2, 0.25) is 5.91 Å². The quantitative estimate of drug-likeness (QED) is 0.561. The molecule has 6 rings (SSSR count). The number of aliphatic carboxylic acids is 1. The fourth-order valence-corrected chi connectivity index (χ4v) is 6.55. The number of benzene rings is 2. The average molecular weight is 475 g/mol. The Kier molecular flexibility index (Phi) is 5.31. The maximum absolute atomic E-state index is 12.8. The summed E-state index contributed by atoms with van der Waals surface area (Å²) in [6.45, 7) is 0.289. The Morgan fingerprint density at radius 1 is 0.943 bits per heavy atom. The van der Waals surface area contributed by atoms with E-state index in [1.807, 2.05) is 24.3 Å². The Morgan fingerprint density at radius 3 is 2.23 bits per heavy atom. The summed E-state index contributed by atoms with van der Waals surface area (Å²) in [7, 11) is 0. The Hall–Kier alpha value is -3.35. The van der Waals surface area contributed by atoms with Crippen molar-refractivity contribution in [3.05, 3.63) is 59.7 Å². The number of nitrogens with one attached hydrogen (secondary N) is 2. The lowest BCUT2D eigenvalue weighted by Crippen LogP contribution is -2.50. The zero-order chi connectivity index (χ0) is 24.2. The normalized spacial score (nSPS) is 27.1. The van der Waals surface area contributed by atoms with E-state index in [0.717, 1.165) is 32.1 Å². The van der Waals surface area contributed by atoms with Crippen molar-refractivity contribution in [1.29, 1.82) is 0 Å². The molecule has 3 N–H and O–H groups in total. The molecule has 3 saturated carbocycles. The van der Waals surface area contributed by atoms with Crippen LogP contribution < -0.4 is 10.6 Å². The molecule has 4 aliphatic carbocycles. The van der Waals surface area contributed by atoms with Gasteiger partial charge in [0.1, 0.15) is 6.61 Å². The molecule has 7 heteroatoms. The van der Waals surface area contributed by atoms with Crippen molar-refractivity contribution in [2.75, 3.05) is 6.61 Å². The Labute approximate surface area is 204 Å². The van der Waals surface area contributed by atoms with E-state index >= 15 is 0 Å². The van der Waals surface area contributed by atoms with Crippen molar-refractivity contribution in [3.8, 4) is 11.1 Å². The van der Waals surface area contributed by atoms with Crippen LogP contribution in [0.1, 0.15) is 55.6 Å². The first-order chi connectivity index (χ1) is 16.9. The molecule has 0 spiro atoms. The summed E-state index contributed by atoms with van der Waals surface area (Å²) in [6.07, 6.45) is 3.45. The van der Waals surface area contributed by atoms with E-state index < -0.39 is 17.6 Å². The van der Waals surface area contributed by atoms with Crippen molar-refractivity contribution < 1.29 is 24.2 Å². The molecule has 7 nitrogen and oxygen atoms in total. The molecule has 2 amide bonds. The Balaban J connectivity index is 1.01. The number of carbonyl (C=O) groups excluding carboxylic acids is 2. The largest absolute Gasteiger partial charge is 0.481 e. The van der Waals surface area contributed by atoms with Crippen molar-refractivity contribution >= 4 is 18.0 Å². The number of carboxylic acid groups (broad SMARTS) is 1. The van der Waals surface area contributed by atoms with Crippen LogP contribution in [-0.4, -0.2) is 41.3 Å². The number of alkyl carbamates (subject to hydrolysis) is 1. The maximum Gasteiger partial charge on any atom is 0.407 e. The fourth-order valence-electron chi connectivity index (χ4n) is 6.55. The van der Waals surface area contributed by atoms with Gasteiger partial charge in [-0.15, -0.1) is 0 Å². The molecule has 0 heterocycles. The maximum atomic E-state index is 12.8. The topological polar surface area (TPSA) is 105 Å². The molecule has 4 atom stereocenters. The number of hydrogen-bond donors (Lipinski definition) is 3. The predicted octanol–water partition coefficient (Wildman–Crippen LogP) is 4.06. The summed E-state index contributed by atoms with van der Waals surface area (Å²) in [6, 6.07) is 16.6. The highest BCUT2D eigenvalue weighted by Gasteiger charge is 2.52. The summed E-state index contributed by atoms with van der Waals surface area (Å²) in [4.78, 5) is 36.5. The first-order valence-corrected chi connectivity index (χ1v) is 12.6. The van der Waals surface area contributed by atoms with Crippen LogP contribution in [0.3, 0.4) is 0 Å². The zero-order valence-corrected chi connectivity index (χ0v) is 19.5. The molecule has 0 bridgehead atoms. The van der Waals surface area contributed by atoms with Crippen LogP contribution in [0.2, 0.25) is 0 Å². The minimum absolute atomic E-state index is 0.00964. The van der Waals surface area contributed by atoms with Crippen LogP contribution in [0.15, 0.2) is 48.5 Å². The van der Waals surface area contributed by atoms with Gasteiger partial charge >= 0.3 is 12.1 Å². The number of carboxylic acids is 1. The second-order valence-corrected chi connectivity index (χ2v) is 10.7. The highest BCUT2D eigenvalue weighted by molar-refractivity contribution is 5.82. The van der Waals surface area contributed by atoms with Gasteiger partial charge in [-0.1, -0.05) is 48.5 Å². The van der Waals surface area contributed by atoms with Gasteiger partial charge in [0.05, 0.1) is 12.0 Å². The molecule has 2 aromatic rings. The molecule has 1 unspecified atom stereocenters. The lowest BCUT2D eigenvalue weighted by molar-refractivity contribution is -0.138. The number of hydrogen-bond acceptors (Lipinski definition) is 4. The van der Waals surface area contributed by atoms with E-state index in [4.69, 9.17) is 9.84 Å². The van der Waals surface area contributed by atoms with Gasteiger partial charge in [0.15, 0.2) is 0 Å². The average Bonchev–Trinajstić information content (AvgIpc) is 3.36. The standard InChI is InChI=1S/C28H30N2O5/c31-25(32)14-28(9-10-28)30-26(33)17-11-16-13-24(22(16)12-17)29-27(34)35-15-23-20-7-3-1-5-18(20)19-6-2-4-8-21(19)23/h1-8,16-17,22-24H,9-15H2,(H,29,34)(H,30,33)(H,31,32)/t16-,17?,22-,24+/m1/s1. The molecule has 4 aliphatic rings. The molecule has 2 aromatic carbocycles. The van der Waals surface area contributed by atoms with Gasteiger partial charge < -0.3 is 20.5 Å². The third-order valence-corrected chi connectivity index (χ3v) is 8.57. The highest BCUT2D eigenvalue weighted by atomic mass is 16.5. The molecule has 0 aliphatic heterocycles. The van der Waals surface area contributed by atoms with Crippen LogP contribution in [-0.2, 0) is 14.3 Å². The number of fused-ring (bicyclic) bond motifs is 4. The molecule has 35 heavy (non-hydrogen) atoms. The molecule has 182 valence electrons. The molecule has 0 radical (unpaired) electrons. The summed E-state index contributed by atoms with van der Waals surface area (Å²) in [5, 5.41) is 15.1. The molecule has 0 aromatic heterocycles. The van der Waals surface area contributed by atoms with Crippen LogP contribution in [0.5, 0.6) is 0 Å². The summed E-state index contributed by atoms with van der Waals surface area (Å²) in [5.41, 5.74) is 4.23. The third kappa shape index (κ3) is 4.07. The molecule has 3 fully saturated rings. The smallest absolute Gasteiger partial charge is 0.407 e. The van der Waals surface area contributed by atoms with Crippen molar-refractivity contribution in [2.24, 2.45) is 17.8 Å². The van der Waals surface area contributed by atoms with E-state index in [1.54, 1.807) is 0 Å². The Morgan fingerprint density at radius 2 is 1.60 bits per heavy atom. The van der Waals surface area contributed by atoms with Crippen molar-refractivity contribution in [2.45, 2.75) is 56.0 Å². The predicted molar refractivity (Wildman–Crippen MR) is 129 cm³/mol. The molecular weight excluding hydrogens is 444 g/mol. The molecule has 0 saturated heterocycles. The van der Waals surface area contributed by atoms with E-state index in [2.05, 4.69) is 34.9 Å². The monoisotopic (exact) mass is 474 g/mol. The lowest BCUT2D eigenvalue weighted by Gasteiger charge is -2.40. The van der Waals surface area contributed by atoms with Crippen LogP contribution in [0.4, 0.5) is 4.79 Å². The molecular formula is C28H30N2O5. The minimum atomic E-state index is -0.873. The number of ether oxygens (including phenoxy) is 1. The van der Waals surface area contributed by atoms with Gasteiger partial charge in [0.25, 0.3) is 0 Å². The zero-order valence-electron chi connectivity index (χ0n) is 19.5. The van der Waals surface area contributed by atoms with Gasteiger partial charge in [-0.2, -0.15) is 0 Å². The summed E-state index contributed by atoms with van der Waals surface area (Å²) < 4.78 is 5.69. The van der Waals surface area contributed by atoms with Crippen LogP contribution >= 0.6 is 0 Å². The lowest BCUT2D eigenvalue weighted by atomic mass is 9.71. The second-order valence-electron chi connectivity index (χ2n) is 10.7. The summed E-state index contributed by atoms with van der Waals surface area (Å²) in [5.74, 6) is -0.271. The minimum Gasteiger partial charge on any atom is -0.481 e. The first kappa shape index (κ1) is 22.1. The number of rotatable bonds is 7. The third-order valence-electron chi connectivity index (χ3n) is 8.57. The Bertz CT molecular complexity index is 1140. The van der Waals surface area contributed by atoms with Gasteiger partial charge in [-0.25, -0.2) is 4.79 Å². The van der Waals surface area contributed by atoms with Gasteiger partial charge in [-0.3, -0.25) is 9.59 Å². The van der Waals surface area contributed by atoms with Gasteiger partial charge in [0, 0.05) is 17.9 Å². The fraction of sp³-hybridized carbons (Fsp3) is 0.464. The van der Waals surface area contributed by atoms with Crippen LogP contribution in [0.25, 0.3) is 11.1 Å². The van der Waals surface area contributed by atoms with Crippen molar-refractivity contribution in [1.82, 2.24) is 10.6 Å². The SMILES string of the molecule is O=C(O)CC1(NC(=O)C2C[C@@H]3C[C@H](NC(=O)OCC4c5ccccc5-c5ccccc54)[C@@H]3C2)CC1. The second kappa shape index (κ2) is 8.40. The number of carbonyl (C=O) groups is 3. The van der Waals surface area contributed by atoms with E-state index in [9.17, 15) is 14.4 Å². The van der Waals surface area contributed by atoms with Crippen LogP contribution in [0, 0.1) is 17.8 Å². The van der Waals surface area contributed by atoms with E-state index in [1.165, 1.54) is 22.3 Å². The van der Waals surface area contributed by atoms with Gasteiger partial charge in [-0.05, 0) is 66.2 Å².